The van der Waals surface area contributed by atoms with E-state index in [1.807, 2.05) is 0 Å². The van der Waals surface area contributed by atoms with Gasteiger partial charge in [-0.25, -0.2) is 4.39 Å². The van der Waals surface area contributed by atoms with Crippen molar-refractivity contribution in [3.63, 3.8) is 0 Å². The van der Waals surface area contributed by atoms with Gasteiger partial charge in [0.2, 0.25) is 0 Å². The van der Waals surface area contributed by atoms with Gasteiger partial charge in [-0.05, 0) is 25.0 Å². The molecule has 4 heteroatoms. The highest BCUT2D eigenvalue weighted by Crippen LogP contribution is 2.15. The first-order valence-electron chi connectivity index (χ1n) is 4.80. The first kappa shape index (κ1) is 11.9. The number of phenolic OH excluding ortho intramolecular Hbond substituents is 1. The maximum atomic E-state index is 12.2. The standard InChI is InChI=1S/C7H7FO.C4H8O2/c1-5-2-3-6(8)4-7(5)9;5-4-1-2-6-3-4/h2-4,9H,1H3;4-5H,1-3H2. The minimum atomic E-state index is -0.405. The molecule has 0 aliphatic carbocycles. The van der Waals surface area contributed by atoms with Crippen LogP contribution in [0, 0.1) is 12.7 Å². The van der Waals surface area contributed by atoms with E-state index in [4.69, 9.17) is 14.9 Å². The van der Waals surface area contributed by atoms with Crippen molar-refractivity contribution < 1.29 is 19.3 Å². The van der Waals surface area contributed by atoms with Gasteiger partial charge < -0.3 is 14.9 Å². The maximum Gasteiger partial charge on any atom is 0.126 e. The topological polar surface area (TPSA) is 49.7 Å². The average Bonchev–Trinajstić information content (AvgIpc) is 2.64. The number of ether oxygens (including phenoxy) is 1. The smallest absolute Gasteiger partial charge is 0.126 e. The van der Waals surface area contributed by atoms with Crippen molar-refractivity contribution in [1.29, 1.82) is 0 Å². The molecule has 84 valence electrons. The van der Waals surface area contributed by atoms with Crippen LogP contribution in [0.1, 0.15) is 12.0 Å². The van der Waals surface area contributed by atoms with Crippen LogP contribution in [-0.2, 0) is 4.74 Å². The van der Waals surface area contributed by atoms with E-state index in [0.717, 1.165) is 19.1 Å². The van der Waals surface area contributed by atoms with Gasteiger partial charge >= 0.3 is 0 Å². The van der Waals surface area contributed by atoms with Crippen LogP contribution in [0.2, 0.25) is 0 Å². The van der Waals surface area contributed by atoms with Gasteiger partial charge in [-0.3, -0.25) is 0 Å². The van der Waals surface area contributed by atoms with E-state index in [1.54, 1.807) is 6.92 Å². The molecule has 1 aromatic carbocycles. The van der Waals surface area contributed by atoms with Crippen LogP contribution in [0.4, 0.5) is 4.39 Å². The van der Waals surface area contributed by atoms with Gasteiger partial charge in [0.1, 0.15) is 11.6 Å². The minimum absolute atomic E-state index is 0.00926. The third-order valence-electron chi connectivity index (χ3n) is 2.08. The first-order chi connectivity index (χ1) is 7.09. The van der Waals surface area contributed by atoms with Crippen LogP contribution in [-0.4, -0.2) is 29.5 Å². The number of aliphatic hydroxyl groups excluding tert-OH is 1. The summed E-state index contributed by atoms with van der Waals surface area (Å²) < 4.78 is 17.0. The molecule has 1 aromatic rings. The van der Waals surface area contributed by atoms with Gasteiger partial charge in [0.05, 0.1) is 12.7 Å². The van der Waals surface area contributed by atoms with Crippen LogP contribution in [0.15, 0.2) is 18.2 Å². The highest BCUT2D eigenvalue weighted by Gasteiger charge is 2.09. The Kier molecular flexibility index (Phi) is 4.52. The van der Waals surface area contributed by atoms with E-state index in [9.17, 15) is 4.39 Å². The largest absolute Gasteiger partial charge is 0.508 e. The number of aryl methyl sites for hydroxylation is 1. The van der Waals surface area contributed by atoms with Crippen molar-refractivity contribution in [2.45, 2.75) is 19.4 Å². The van der Waals surface area contributed by atoms with Gasteiger partial charge in [-0.1, -0.05) is 6.07 Å². The second kappa shape index (κ2) is 5.68. The predicted octanol–water partition coefficient (Wildman–Crippen LogP) is 1.61. The van der Waals surface area contributed by atoms with Crippen LogP contribution in [0.3, 0.4) is 0 Å². The highest BCUT2D eigenvalue weighted by atomic mass is 19.1. The summed E-state index contributed by atoms with van der Waals surface area (Å²) in [6.07, 6.45) is 0.644. The molecule has 15 heavy (non-hydrogen) atoms. The Balaban J connectivity index is 0.000000162. The summed E-state index contributed by atoms with van der Waals surface area (Å²) in [5.41, 5.74) is 0.691. The number of halogens is 1. The predicted molar refractivity (Wildman–Crippen MR) is 54.2 cm³/mol. The summed E-state index contributed by atoms with van der Waals surface area (Å²) >= 11 is 0. The second-order valence-electron chi connectivity index (χ2n) is 3.45. The number of phenols is 1. The van der Waals surface area contributed by atoms with E-state index in [1.165, 1.54) is 12.1 Å². The molecule has 2 rings (SSSR count). The van der Waals surface area contributed by atoms with Crippen molar-refractivity contribution in [1.82, 2.24) is 0 Å². The SMILES string of the molecule is Cc1ccc(F)cc1O.OC1CCOC1. The highest BCUT2D eigenvalue weighted by molar-refractivity contribution is 5.30. The molecule has 1 fully saturated rings. The Bertz CT molecular complexity index is 309. The molecule has 1 saturated heterocycles. The van der Waals surface area contributed by atoms with Crippen LogP contribution in [0.25, 0.3) is 0 Å². The summed E-state index contributed by atoms with van der Waals surface area (Å²) in [6.45, 7) is 3.00. The molecule has 0 amide bonds. The molecule has 0 radical (unpaired) electrons. The molecule has 1 aliphatic rings. The number of hydrogen-bond acceptors (Lipinski definition) is 3. The van der Waals surface area contributed by atoms with Gasteiger partial charge in [0, 0.05) is 12.7 Å². The van der Waals surface area contributed by atoms with E-state index in [-0.39, 0.29) is 11.9 Å². The lowest BCUT2D eigenvalue weighted by atomic mass is 10.2. The fourth-order valence-electron chi connectivity index (χ4n) is 1.10. The van der Waals surface area contributed by atoms with Crippen molar-refractivity contribution in [2.24, 2.45) is 0 Å². The Labute approximate surface area is 88.1 Å². The zero-order valence-corrected chi connectivity index (χ0v) is 8.61. The van der Waals surface area contributed by atoms with E-state index in [2.05, 4.69) is 0 Å². The fourth-order valence-corrected chi connectivity index (χ4v) is 1.10. The van der Waals surface area contributed by atoms with E-state index in [0.29, 0.717) is 12.2 Å². The molecule has 2 N–H and O–H groups in total. The molecule has 1 unspecified atom stereocenters. The molecule has 1 aliphatic heterocycles. The van der Waals surface area contributed by atoms with Gasteiger partial charge in [0.15, 0.2) is 0 Å². The monoisotopic (exact) mass is 214 g/mol. The molecule has 0 bridgehead atoms. The molecule has 0 spiro atoms. The van der Waals surface area contributed by atoms with Crippen LogP contribution < -0.4 is 0 Å². The Hall–Kier alpha value is -1.13. The van der Waals surface area contributed by atoms with Crippen LogP contribution in [0.5, 0.6) is 5.75 Å². The summed E-state index contributed by atoms with van der Waals surface area (Å²) in [5.74, 6) is -0.395. The number of aliphatic hydroxyl groups is 1. The quantitative estimate of drug-likeness (QED) is 0.689. The van der Waals surface area contributed by atoms with Gasteiger partial charge in [0.25, 0.3) is 0 Å². The molecule has 1 heterocycles. The molecule has 0 saturated carbocycles. The molecule has 1 atom stereocenters. The fraction of sp³-hybridized carbons (Fsp3) is 0.455. The second-order valence-corrected chi connectivity index (χ2v) is 3.45. The van der Waals surface area contributed by atoms with Crippen molar-refractivity contribution in [3.8, 4) is 5.75 Å². The number of hydrogen-bond donors (Lipinski definition) is 2. The van der Waals surface area contributed by atoms with Crippen molar-refractivity contribution in [2.75, 3.05) is 13.2 Å². The third kappa shape index (κ3) is 4.27. The third-order valence-corrected chi connectivity index (χ3v) is 2.08. The molecule has 0 aromatic heterocycles. The first-order valence-corrected chi connectivity index (χ1v) is 4.80. The minimum Gasteiger partial charge on any atom is -0.508 e. The molecular formula is C11H15FO3. The molecular weight excluding hydrogens is 199 g/mol. The van der Waals surface area contributed by atoms with E-state index >= 15 is 0 Å². The number of benzene rings is 1. The zero-order valence-electron chi connectivity index (χ0n) is 8.61. The van der Waals surface area contributed by atoms with Crippen molar-refractivity contribution >= 4 is 0 Å². The molecule has 3 nitrogen and oxygen atoms in total. The summed E-state index contributed by atoms with van der Waals surface area (Å²) in [4.78, 5) is 0. The summed E-state index contributed by atoms with van der Waals surface area (Å²) in [7, 11) is 0. The lowest BCUT2D eigenvalue weighted by molar-refractivity contribution is 0.127. The van der Waals surface area contributed by atoms with Gasteiger partial charge in [-0.15, -0.1) is 0 Å². The van der Waals surface area contributed by atoms with Gasteiger partial charge in [-0.2, -0.15) is 0 Å². The zero-order chi connectivity index (χ0) is 11.3. The van der Waals surface area contributed by atoms with Crippen molar-refractivity contribution in [3.05, 3.63) is 29.6 Å². The normalized spacial score (nSPS) is 19.5. The number of aromatic hydroxyl groups is 1. The van der Waals surface area contributed by atoms with Crippen LogP contribution >= 0.6 is 0 Å². The Morgan fingerprint density at radius 3 is 2.53 bits per heavy atom. The lowest BCUT2D eigenvalue weighted by Crippen LogP contribution is -2.02. The summed E-state index contributed by atoms with van der Waals surface area (Å²) in [5, 5.41) is 17.5. The number of rotatable bonds is 0. The Morgan fingerprint density at radius 2 is 2.20 bits per heavy atom. The maximum absolute atomic E-state index is 12.2. The summed E-state index contributed by atoms with van der Waals surface area (Å²) in [6, 6.07) is 3.94. The average molecular weight is 214 g/mol. The Morgan fingerprint density at radius 1 is 1.47 bits per heavy atom. The lowest BCUT2D eigenvalue weighted by Gasteiger charge is -1.94. The van der Waals surface area contributed by atoms with E-state index < -0.39 is 5.82 Å².